The Morgan fingerprint density at radius 3 is 2.40 bits per heavy atom. The molecule has 0 bridgehead atoms. The molecule has 1 nitrogen and oxygen atoms in total. The third kappa shape index (κ3) is 5.53. The minimum atomic E-state index is -4.27. The molecule has 0 aliphatic carbocycles. The van der Waals surface area contributed by atoms with Crippen LogP contribution in [0.1, 0.15) is 57.2 Å². The third-order valence-electron chi connectivity index (χ3n) is 3.34. The Bertz CT molecular complexity index is 399. The number of hydrogen-bond donors (Lipinski definition) is 1. The molecule has 0 spiro atoms. The summed E-state index contributed by atoms with van der Waals surface area (Å²) in [7, 11) is 0. The van der Waals surface area contributed by atoms with Crippen molar-refractivity contribution < 1.29 is 13.2 Å². The molecule has 1 unspecified atom stereocenters. The van der Waals surface area contributed by atoms with Gasteiger partial charge in [-0.15, -0.1) is 0 Å². The summed E-state index contributed by atoms with van der Waals surface area (Å²) in [6.07, 6.45) is -1.29. The van der Waals surface area contributed by atoms with E-state index < -0.39 is 11.7 Å². The fourth-order valence-electron chi connectivity index (χ4n) is 2.29. The fourth-order valence-corrected chi connectivity index (χ4v) is 2.29. The first-order valence-corrected chi connectivity index (χ1v) is 7.25. The molecule has 0 aliphatic heterocycles. The van der Waals surface area contributed by atoms with E-state index in [1.807, 2.05) is 6.92 Å². The van der Waals surface area contributed by atoms with Crippen molar-refractivity contribution in [2.24, 2.45) is 5.92 Å². The maximum absolute atomic E-state index is 12.8. The van der Waals surface area contributed by atoms with Gasteiger partial charge in [0, 0.05) is 6.04 Å². The Labute approximate surface area is 119 Å². The van der Waals surface area contributed by atoms with Crippen LogP contribution in [-0.2, 0) is 6.18 Å². The summed E-state index contributed by atoms with van der Waals surface area (Å²) in [5.74, 6) is 0.624. The normalized spacial score (nSPS) is 13.8. The van der Waals surface area contributed by atoms with E-state index in [4.69, 9.17) is 0 Å². The molecule has 0 saturated carbocycles. The van der Waals surface area contributed by atoms with Crippen molar-refractivity contribution in [3.05, 3.63) is 35.4 Å². The van der Waals surface area contributed by atoms with Crippen molar-refractivity contribution >= 4 is 0 Å². The number of alkyl halides is 3. The zero-order valence-corrected chi connectivity index (χ0v) is 12.4. The van der Waals surface area contributed by atoms with Gasteiger partial charge in [0.2, 0.25) is 0 Å². The number of rotatable bonds is 7. The van der Waals surface area contributed by atoms with Crippen molar-refractivity contribution in [2.75, 3.05) is 6.54 Å². The SMILES string of the molecule is CCNC(CCCC(C)C)c1cccc(C(F)(F)F)c1. The Morgan fingerprint density at radius 1 is 1.15 bits per heavy atom. The molecule has 0 aromatic heterocycles. The van der Waals surface area contributed by atoms with Crippen LogP contribution in [0, 0.1) is 5.92 Å². The molecular formula is C16H24F3N. The predicted molar refractivity (Wildman–Crippen MR) is 76.6 cm³/mol. The quantitative estimate of drug-likeness (QED) is 0.728. The lowest BCUT2D eigenvalue weighted by atomic mass is 9.96. The van der Waals surface area contributed by atoms with Gasteiger partial charge in [-0.1, -0.05) is 45.7 Å². The van der Waals surface area contributed by atoms with Crippen molar-refractivity contribution in [1.29, 1.82) is 0 Å². The summed E-state index contributed by atoms with van der Waals surface area (Å²) >= 11 is 0. The lowest BCUT2D eigenvalue weighted by Gasteiger charge is -2.20. The highest BCUT2D eigenvalue weighted by Crippen LogP contribution is 2.31. The van der Waals surface area contributed by atoms with Crippen molar-refractivity contribution in [3.63, 3.8) is 0 Å². The highest BCUT2D eigenvalue weighted by Gasteiger charge is 2.30. The molecule has 0 saturated heterocycles. The standard InChI is InChI=1S/C16H24F3N/c1-4-20-15(10-5-7-12(2)3)13-8-6-9-14(11-13)16(17,18)19/h6,8-9,11-12,15,20H,4-5,7,10H2,1-3H3. The first kappa shape index (κ1) is 17.0. The average Bonchev–Trinajstić information content (AvgIpc) is 2.36. The lowest BCUT2D eigenvalue weighted by Crippen LogP contribution is -2.21. The lowest BCUT2D eigenvalue weighted by molar-refractivity contribution is -0.137. The zero-order valence-electron chi connectivity index (χ0n) is 12.4. The van der Waals surface area contributed by atoms with Gasteiger partial charge in [-0.2, -0.15) is 13.2 Å². The van der Waals surface area contributed by atoms with Crippen LogP contribution in [0.2, 0.25) is 0 Å². The van der Waals surface area contributed by atoms with Crippen LogP contribution in [0.4, 0.5) is 13.2 Å². The molecule has 1 aromatic rings. The van der Waals surface area contributed by atoms with Gasteiger partial charge in [0.25, 0.3) is 0 Å². The smallest absolute Gasteiger partial charge is 0.310 e. The molecule has 114 valence electrons. The first-order valence-electron chi connectivity index (χ1n) is 7.25. The first-order chi connectivity index (χ1) is 9.34. The molecule has 0 fully saturated rings. The van der Waals surface area contributed by atoms with Crippen LogP contribution in [0.25, 0.3) is 0 Å². The summed E-state index contributed by atoms with van der Waals surface area (Å²) in [4.78, 5) is 0. The molecule has 0 amide bonds. The fraction of sp³-hybridized carbons (Fsp3) is 0.625. The summed E-state index contributed by atoms with van der Waals surface area (Å²) in [5.41, 5.74) is 0.159. The molecular weight excluding hydrogens is 263 g/mol. The van der Waals surface area contributed by atoms with Gasteiger partial charge in [0.15, 0.2) is 0 Å². The van der Waals surface area contributed by atoms with Gasteiger partial charge < -0.3 is 5.32 Å². The second-order valence-corrected chi connectivity index (χ2v) is 5.56. The van der Waals surface area contributed by atoms with E-state index in [0.29, 0.717) is 5.92 Å². The summed E-state index contributed by atoms with van der Waals surface area (Å²) in [6.45, 7) is 7.05. The number of nitrogens with one attached hydrogen (secondary N) is 1. The third-order valence-corrected chi connectivity index (χ3v) is 3.34. The molecule has 20 heavy (non-hydrogen) atoms. The molecule has 1 rings (SSSR count). The maximum Gasteiger partial charge on any atom is 0.416 e. The minimum Gasteiger partial charge on any atom is -0.310 e. The van der Waals surface area contributed by atoms with Crippen LogP contribution in [-0.4, -0.2) is 6.54 Å². The van der Waals surface area contributed by atoms with Crippen LogP contribution in [0.15, 0.2) is 24.3 Å². The number of benzene rings is 1. The van der Waals surface area contributed by atoms with Gasteiger partial charge in [-0.3, -0.25) is 0 Å². The minimum absolute atomic E-state index is 0.000972. The summed E-state index contributed by atoms with van der Waals surface area (Å²) in [6, 6.07) is 5.66. The number of halogens is 3. The van der Waals surface area contributed by atoms with Gasteiger partial charge >= 0.3 is 6.18 Å². The largest absolute Gasteiger partial charge is 0.416 e. The molecule has 0 radical (unpaired) electrons. The van der Waals surface area contributed by atoms with E-state index >= 15 is 0 Å². The van der Waals surface area contributed by atoms with Crippen LogP contribution >= 0.6 is 0 Å². The Hall–Kier alpha value is -1.03. The Morgan fingerprint density at radius 2 is 1.85 bits per heavy atom. The maximum atomic E-state index is 12.8. The van der Waals surface area contributed by atoms with Crippen LogP contribution in [0.3, 0.4) is 0 Å². The average molecular weight is 287 g/mol. The molecule has 1 aromatic carbocycles. The molecule has 1 N–H and O–H groups in total. The topological polar surface area (TPSA) is 12.0 Å². The van der Waals surface area contributed by atoms with E-state index in [-0.39, 0.29) is 6.04 Å². The zero-order chi connectivity index (χ0) is 15.2. The van der Waals surface area contributed by atoms with Crippen molar-refractivity contribution in [1.82, 2.24) is 5.32 Å². The van der Waals surface area contributed by atoms with Gasteiger partial charge in [0.1, 0.15) is 0 Å². The number of hydrogen-bond acceptors (Lipinski definition) is 1. The highest BCUT2D eigenvalue weighted by molar-refractivity contribution is 5.28. The molecule has 1 atom stereocenters. The molecule has 4 heteroatoms. The van der Waals surface area contributed by atoms with E-state index in [2.05, 4.69) is 19.2 Å². The van der Waals surface area contributed by atoms with Crippen molar-refractivity contribution in [2.45, 2.75) is 52.3 Å². The van der Waals surface area contributed by atoms with Gasteiger partial charge in [-0.05, 0) is 36.6 Å². The predicted octanol–water partition coefficient (Wildman–Crippen LogP) is 5.18. The second-order valence-electron chi connectivity index (χ2n) is 5.56. The van der Waals surface area contributed by atoms with Crippen LogP contribution < -0.4 is 5.32 Å². The van der Waals surface area contributed by atoms with Gasteiger partial charge in [-0.25, -0.2) is 0 Å². The van der Waals surface area contributed by atoms with Crippen LogP contribution in [0.5, 0.6) is 0 Å². The van der Waals surface area contributed by atoms with E-state index in [1.54, 1.807) is 6.07 Å². The molecule has 0 heterocycles. The Kier molecular flexibility index (Phi) is 6.53. The van der Waals surface area contributed by atoms with E-state index in [0.717, 1.165) is 37.4 Å². The Balaban J connectivity index is 2.80. The molecule has 0 aliphatic rings. The van der Waals surface area contributed by atoms with E-state index in [9.17, 15) is 13.2 Å². The van der Waals surface area contributed by atoms with Crippen molar-refractivity contribution in [3.8, 4) is 0 Å². The van der Waals surface area contributed by atoms with Gasteiger partial charge in [0.05, 0.1) is 5.56 Å². The van der Waals surface area contributed by atoms with E-state index in [1.165, 1.54) is 12.1 Å². The highest BCUT2D eigenvalue weighted by atomic mass is 19.4. The summed E-state index contributed by atoms with van der Waals surface area (Å²) in [5, 5.41) is 3.28. The monoisotopic (exact) mass is 287 g/mol. The summed E-state index contributed by atoms with van der Waals surface area (Å²) < 4.78 is 38.3. The second kappa shape index (κ2) is 7.67.